The highest BCUT2D eigenvalue weighted by atomic mass is 19.1. The fourth-order valence-electron chi connectivity index (χ4n) is 5.47. The zero-order chi connectivity index (χ0) is 22.9. The molecule has 3 fully saturated rings. The molecule has 3 aliphatic rings. The van der Waals surface area contributed by atoms with E-state index >= 15 is 0 Å². The summed E-state index contributed by atoms with van der Waals surface area (Å²) >= 11 is 0. The zero-order valence-electron chi connectivity index (χ0n) is 18.4. The number of hydrogen-bond donors (Lipinski definition) is 1. The molecule has 5 rings (SSSR count). The highest BCUT2D eigenvalue weighted by Gasteiger charge is 2.54. The average Bonchev–Trinajstić information content (AvgIpc) is 3.33. The van der Waals surface area contributed by atoms with E-state index in [1.54, 1.807) is 4.90 Å². The van der Waals surface area contributed by atoms with Gasteiger partial charge in [-0.1, -0.05) is 36.8 Å². The van der Waals surface area contributed by atoms with Crippen LogP contribution in [0.25, 0.3) is 0 Å². The maximum absolute atomic E-state index is 13.2. The molecule has 0 radical (unpaired) electrons. The van der Waals surface area contributed by atoms with Gasteiger partial charge < -0.3 is 14.9 Å². The third-order valence-corrected chi connectivity index (χ3v) is 7.20. The number of halogens is 1. The van der Waals surface area contributed by atoms with Crippen LogP contribution >= 0.6 is 0 Å². The van der Waals surface area contributed by atoms with Crippen LogP contribution in [0.15, 0.2) is 48.5 Å². The minimum absolute atomic E-state index is 0.0361. The Morgan fingerprint density at radius 1 is 1.06 bits per heavy atom. The Bertz CT molecular complexity index is 1100. The zero-order valence-corrected chi connectivity index (χ0v) is 18.4. The molecule has 1 N–H and O–H groups in total. The quantitative estimate of drug-likeness (QED) is 0.737. The Kier molecular flexibility index (Phi) is 5.90. The van der Waals surface area contributed by atoms with Crippen molar-refractivity contribution in [2.24, 2.45) is 5.92 Å². The first kappa shape index (κ1) is 21.7. The predicted octanol–water partition coefficient (Wildman–Crippen LogP) is 3.18. The van der Waals surface area contributed by atoms with Gasteiger partial charge in [0.05, 0.1) is 18.7 Å². The number of fused-ring (bicyclic) bond motifs is 1. The van der Waals surface area contributed by atoms with Gasteiger partial charge in [0.1, 0.15) is 12.4 Å². The molecule has 2 aromatic rings. The first-order chi connectivity index (χ1) is 16.0. The smallest absolute Gasteiger partial charge is 0.254 e. The summed E-state index contributed by atoms with van der Waals surface area (Å²) in [6, 6.07) is 12.9. The molecule has 3 atom stereocenters. The number of amides is 2. The average molecular weight is 447 g/mol. The molecule has 0 spiro atoms. The van der Waals surface area contributed by atoms with E-state index in [-0.39, 0.29) is 43.0 Å². The van der Waals surface area contributed by atoms with Crippen LogP contribution in [0.5, 0.6) is 0 Å². The topological polar surface area (TPSA) is 60.9 Å². The van der Waals surface area contributed by atoms with E-state index in [4.69, 9.17) is 0 Å². The van der Waals surface area contributed by atoms with Crippen LogP contribution in [0.3, 0.4) is 0 Å². The number of hydrogen-bond acceptors (Lipinski definition) is 3. The van der Waals surface area contributed by atoms with Crippen LogP contribution in [0, 0.1) is 23.6 Å². The van der Waals surface area contributed by atoms with Gasteiger partial charge in [-0.2, -0.15) is 0 Å². The van der Waals surface area contributed by atoms with Gasteiger partial charge in [0.25, 0.3) is 5.91 Å². The van der Waals surface area contributed by atoms with Crippen LogP contribution in [0.1, 0.15) is 53.1 Å². The summed E-state index contributed by atoms with van der Waals surface area (Å²) in [5.74, 6) is 6.23. The maximum Gasteiger partial charge on any atom is 0.254 e. The van der Waals surface area contributed by atoms with Crippen LogP contribution in [0.4, 0.5) is 4.39 Å². The predicted molar refractivity (Wildman–Crippen MR) is 122 cm³/mol. The summed E-state index contributed by atoms with van der Waals surface area (Å²) < 4.78 is 13.2. The number of carbonyl (C=O) groups excluding carboxylic acids is 2. The SMILES string of the molecule is O=C(c1ccc(F)cc1)N1CC(=O)N2[C@H](C1)[C@H](c1ccc(C#CC3CCCC3)cc1)[C@@H]2CO. The second-order valence-electron chi connectivity index (χ2n) is 9.21. The molecule has 0 aromatic heterocycles. The van der Waals surface area contributed by atoms with E-state index in [1.807, 2.05) is 24.3 Å². The summed E-state index contributed by atoms with van der Waals surface area (Å²) in [5, 5.41) is 9.98. The molecule has 1 saturated carbocycles. The molecule has 6 heteroatoms. The molecule has 0 unspecified atom stereocenters. The third-order valence-electron chi connectivity index (χ3n) is 7.20. The van der Waals surface area contributed by atoms with Gasteiger partial charge >= 0.3 is 0 Å². The summed E-state index contributed by atoms with van der Waals surface area (Å²) in [6.45, 7) is 0.222. The summed E-state index contributed by atoms with van der Waals surface area (Å²) in [6.07, 6.45) is 4.90. The third kappa shape index (κ3) is 4.14. The Labute approximate surface area is 193 Å². The molecular weight excluding hydrogens is 419 g/mol. The monoisotopic (exact) mass is 446 g/mol. The lowest BCUT2D eigenvalue weighted by atomic mass is 9.73. The van der Waals surface area contributed by atoms with E-state index in [2.05, 4.69) is 11.8 Å². The molecule has 1 aliphatic carbocycles. The Balaban J connectivity index is 1.33. The lowest BCUT2D eigenvalue weighted by molar-refractivity contribution is -0.159. The van der Waals surface area contributed by atoms with Crippen LogP contribution in [0.2, 0.25) is 0 Å². The first-order valence-corrected chi connectivity index (χ1v) is 11.6. The van der Waals surface area contributed by atoms with Crippen molar-refractivity contribution in [3.8, 4) is 11.8 Å². The fourth-order valence-corrected chi connectivity index (χ4v) is 5.47. The van der Waals surface area contributed by atoms with Crippen LogP contribution in [-0.4, -0.2) is 58.5 Å². The minimum Gasteiger partial charge on any atom is -0.394 e. The van der Waals surface area contributed by atoms with Crippen molar-refractivity contribution < 1.29 is 19.1 Å². The van der Waals surface area contributed by atoms with E-state index < -0.39 is 5.82 Å². The second-order valence-corrected chi connectivity index (χ2v) is 9.21. The molecule has 33 heavy (non-hydrogen) atoms. The Morgan fingerprint density at radius 2 is 1.76 bits per heavy atom. The minimum atomic E-state index is -0.409. The van der Waals surface area contributed by atoms with Crippen molar-refractivity contribution >= 4 is 11.8 Å². The molecule has 170 valence electrons. The van der Waals surface area contributed by atoms with Crippen molar-refractivity contribution in [1.82, 2.24) is 9.80 Å². The highest BCUT2D eigenvalue weighted by molar-refractivity contribution is 5.97. The molecule has 5 nitrogen and oxygen atoms in total. The van der Waals surface area contributed by atoms with E-state index in [9.17, 15) is 19.1 Å². The summed E-state index contributed by atoms with van der Waals surface area (Å²) in [4.78, 5) is 29.0. The summed E-state index contributed by atoms with van der Waals surface area (Å²) in [7, 11) is 0. The van der Waals surface area contributed by atoms with Gasteiger partial charge in [-0.25, -0.2) is 4.39 Å². The summed E-state index contributed by atoms with van der Waals surface area (Å²) in [5.41, 5.74) is 2.36. The number of aliphatic hydroxyl groups excluding tert-OH is 1. The molecule has 2 saturated heterocycles. The number of piperazine rings is 1. The number of aliphatic hydroxyl groups is 1. The van der Waals surface area contributed by atoms with E-state index in [0.717, 1.165) is 11.1 Å². The van der Waals surface area contributed by atoms with E-state index in [0.29, 0.717) is 18.0 Å². The molecule has 2 aliphatic heterocycles. The van der Waals surface area contributed by atoms with Gasteiger partial charge in [-0.15, -0.1) is 0 Å². The lowest BCUT2D eigenvalue weighted by Gasteiger charge is -2.58. The molecule has 0 bridgehead atoms. The lowest BCUT2D eigenvalue weighted by Crippen LogP contribution is -2.73. The van der Waals surface area contributed by atoms with Crippen LogP contribution < -0.4 is 0 Å². The largest absolute Gasteiger partial charge is 0.394 e. The highest BCUT2D eigenvalue weighted by Crippen LogP contribution is 2.43. The van der Waals surface area contributed by atoms with Crippen LogP contribution in [-0.2, 0) is 4.79 Å². The van der Waals surface area contributed by atoms with Crippen molar-refractivity contribution in [3.63, 3.8) is 0 Å². The van der Waals surface area contributed by atoms with Gasteiger partial charge in [0.15, 0.2) is 0 Å². The van der Waals surface area contributed by atoms with Gasteiger partial charge in [-0.3, -0.25) is 9.59 Å². The van der Waals surface area contributed by atoms with Crippen molar-refractivity contribution in [2.75, 3.05) is 19.7 Å². The number of rotatable bonds is 3. The number of nitrogens with zero attached hydrogens (tertiary/aromatic N) is 2. The second kappa shape index (κ2) is 8.99. The van der Waals surface area contributed by atoms with Crippen molar-refractivity contribution in [1.29, 1.82) is 0 Å². The molecule has 2 aromatic carbocycles. The Hall–Kier alpha value is -3.17. The molecular formula is C27H27FN2O3. The van der Waals surface area contributed by atoms with Gasteiger partial charge in [0.2, 0.25) is 5.91 Å². The molecule has 2 amide bonds. The van der Waals surface area contributed by atoms with Crippen molar-refractivity contribution in [3.05, 3.63) is 71.0 Å². The Morgan fingerprint density at radius 3 is 2.42 bits per heavy atom. The maximum atomic E-state index is 13.2. The number of carbonyl (C=O) groups is 2. The van der Waals surface area contributed by atoms with E-state index in [1.165, 1.54) is 54.8 Å². The molecule has 2 heterocycles. The first-order valence-electron chi connectivity index (χ1n) is 11.6. The van der Waals surface area contributed by atoms with Gasteiger partial charge in [0, 0.05) is 29.5 Å². The standard InChI is InChI=1S/C27H27FN2O3/c28-22-13-11-21(12-14-22)27(33)29-15-23-26(24(17-31)30(23)25(32)16-29)20-9-7-19(8-10-20)6-5-18-3-1-2-4-18/h7-14,18,23-24,26,31H,1-4,15-17H2/t23-,24+,26+/m1/s1. The normalized spacial score (nSPS) is 24.7. The van der Waals surface area contributed by atoms with Crippen molar-refractivity contribution in [2.45, 2.75) is 43.7 Å². The fraction of sp³-hybridized carbons (Fsp3) is 0.407. The number of benzene rings is 2. The van der Waals surface area contributed by atoms with Gasteiger partial charge in [-0.05, 0) is 54.8 Å².